The van der Waals surface area contributed by atoms with Gasteiger partial charge in [0, 0.05) is 12.1 Å². The van der Waals surface area contributed by atoms with Gasteiger partial charge in [-0.15, -0.1) is 11.3 Å². The maximum absolute atomic E-state index is 6.00. The molecule has 0 saturated carbocycles. The lowest BCUT2D eigenvalue weighted by Crippen LogP contribution is -2.47. The van der Waals surface area contributed by atoms with Crippen molar-refractivity contribution >= 4 is 39.0 Å². The zero-order valence-electron chi connectivity index (χ0n) is 11.1. The molecule has 0 amide bonds. The maximum atomic E-state index is 6.00. The summed E-state index contributed by atoms with van der Waals surface area (Å²) in [7, 11) is 0. The zero-order valence-corrected chi connectivity index (χ0v) is 12.6. The van der Waals surface area contributed by atoms with E-state index in [2.05, 4.69) is 34.3 Å². The first-order valence-corrected chi connectivity index (χ1v) is 7.86. The summed E-state index contributed by atoms with van der Waals surface area (Å²) in [6, 6.07) is 3.05. The van der Waals surface area contributed by atoms with Gasteiger partial charge in [0.05, 0.1) is 5.39 Å². The van der Waals surface area contributed by atoms with Gasteiger partial charge in [0.1, 0.15) is 4.83 Å². The number of halogens is 1. The predicted molar refractivity (Wildman–Crippen MR) is 80.7 cm³/mol. The van der Waals surface area contributed by atoms with Crippen molar-refractivity contribution in [1.82, 2.24) is 15.0 Å². The number of nitrogens with zero attached hydrogens (tertiary/aromatic N) is 3. The third-order valence-corrected chi connectivity index (χ3v) is 4.70. The second-order valence-corrected chi connectivity index (χ2v) is 6.36. The second-order valence-electron chi connectivity index (χ2n) is 5.13. The molecule has 2 unspecified atom stereocenters. The molecule has 0 aromatic carbocycles. The van der Waals surface area contributed by atoms with Crippen LogP contribution < -0.4 is 5.43 Å². The Morgan fingerprint density at radius 3 is 2.79 bits per heavy atom. The lowest BCUT2D eigenvalue weighted by molar-refractivity contribution is 0.135. The first kappa shape index (κ1) is 13.1. The van der Waals surface area contributed by atoms with Crippen LogP contribution in [0.2, 0.25) is 5.28 Å². The van der Waals surface area contributed by atoms with Gasteiger partial charge in [-0.25, -0.2) is 9.99 Å². The van der Waals surface area contributed by atoms with Gasteiger partial charge in [-0.2, -0.15) is 4.98 Å². The Kier molecular flexibility index (Phi) is 3.60. The van der Waals surface area contributed by atoms with Crippen LogP contribution in [0.5, 0.6) is 0 Å². The maximum Gasteiger partial charge on any atom is 0.225 e. The number of piperidine rings is 1. The van der Waals surface area contributed by atoms with Gasteiger partial charge in [-0.05, 0) is 49.7 Å². The average molecular weight is 297 g/mol. The molecular weight excluding hydrogens is 280 g/mol. The molecule has 0 aliphatic carbocycles. The number of aromatic nitrogens is 2. The van der Waals surface area contributed by atoms with E-state index in [9.17, 15) is 0 Å². The van der Waals surface area contributed by atoms with E-state index in [-0.39, 0.29) is 0 Å². The van der Waals surface area contributed by atoms with E-state index in [0.29, 0.717) is 17.4 Å². The van der Waals surface area contributed by atoms with E-state index in [0.717, 1.165) is 16.0 Å². The van der Waals surface area contributed by atoms with Crippen molar-refractivity contribution in [3.63, 3.8) is 0 Å². The van der Waals surface area contributed by atoms with Crippen LogP contribution in [0.1, 0.15) is 33.1 Å². The van der Waals surface area contributed by atoms with Gasteiger partial charge in [0.2, 0.25) is 5.28 Å². The Hall–Kier alpha value is -0.910. The lowest BCUT2D eigenvalue weighted by atomic mass is 10.00. The largest absolute Gasteiger partial charge is 0.302 e. The summed E-state index contributed by atoms with van der Waals surface area (Å²) in [6.07, 6.45) is 3.71. The zero-order chi connectivity index (χ0) is 13.4. The molecule has 3 rings (SSSR count). The molecule has 2 atom stereocenters. The van der Waals surface area contributed by atoms with E-state index in [1.54, 1.807) is 11.3 Å². The molecule has 4 nitrogen and oxygen atoms in total. The highest BCUT2D eigenvalue weighted by molar-refractivity contribution is 7.16. The van der Waals surface area contributed by atoms with E-state index >= 15 is 0 Å². The number of hydrogen-bond donors (Lipinski definition) is 1. The van der Waals surface area contributed by atoms with Crippen LogP contribution in [0.15, 0.2) is 11.4 Å². The number of fused-ring (bicyclic) bond motifs is 1. The van der Waals surface area contributed by atoms with Gasteiger partial charge in [-0.3, -0.25) is 0 Å². The van der Waals surface area contributed by atoms with Crippen LogP contribution in [-0.2, 0) is 0 Å². The van der Waals surface area contributed by atoms with E-state index in [1.165, 1.54) is 19.3 Å². The molecular formula is C13H17ClN4S. The molecule has 1 N–H and O–H groups in total. The smallest absolute Gasteiger partial charge is 0.225 e. The minimum absolute atomic E-state index is 0.301. The van der Waals surface area contributed by atoms with Gasteiger partial charge in [0.15, 0.2) is 5.82 Å². The number of hydrazine groups is 1. The quantitative estimate of drug-likeness (QED) is 0.853. The third-order valence-electron chi connectivity index (χ3n) is 3.73. The van der Waals surface area contributed by atoms with E-state index in [1.807, 2.05) is 11.4 Å². The molecule has 1 aliphatic heterocycles. The minimum Gasteiger partial charge on any atom is -0.302 e. The minimum atomic E-state index is 0.301. The number of thiophene rings is 1. The van der Waals surface area contributed by atoms with E-state index < -0.39 is 0 Å². The van der Waals surface area contributed by atoms with Crippen molar-refractivity contribution in [2.45, 2.75) is 45.2 Å². The molecule has 1 saturated heterocycles. The number of rotatable bonds is 2. The van der Waals surface area contributed by atoms with E-state index in [4.69, 9.17) is 11.6 Å². The molecule has 102 valence electrons. The monoisotopic (exact) mass is 296 g/mol. The van der Waals surface area contributed by atoms with Crippen LogP contribution in [0.4, 0.5) is 5.82 Å². The Bertz CT molecular complexity index is 575. The normalized spacial score (nSPS) is 24.8. The molecule has 19 heavy (non-hydrogen) atoms. The van der Waals surface area contributed by atoms with Gasteiger partial charge in [-0.1, -0.05) is 6.42 Å². The Morgan fingerprint density at radius 1 is 1.32 bits per heavy atom. The first-order valence-electron chi connectivity index (χ1n) is 6.61. The molecule has 1 fully saturated rings. The summed E-state index contributed by atoms with van der Waals surface area (Å²) in [5.74, 6) is 0.817. The molecule has 0 bridgehead atoms. The van der Waals surface area contributed by atoms with Crippen LogP contribution in [-0.4, -0.2) is 27.1 Å². The summed E-state index contributed by atoms with van der Waals surface area (Å²) < 4.78 is 0. The Balaban J connectivity index is 1.93. The lowest BCUT2D eigenvalue weighted by Gasteiger charge is -2.39. The molecule has 2 aromatic heterocycles. The van der Waals surface area contributed by atoms with Crippen molar-refractivity contribution in [3.8, 4) is 0 Å². The van der Waals surface area contributed by atoms with Crippen molar-refractivity contribution in [2.24, 2.45) is 0 Å². The summed E-state index contributed by atoms with van der Waals surface area (Å²) >= 11 is 7.58. The first-order chi connectivity index (χ1) is 9.15. The highest BCUT2D eigenvalue weighted by atomic mass is 35.5. The summed E-state index contributed by atoms with van der Waals surface area (Å²) in [5.41, 5.74) is 3.45. The van der Waals surface area contributed by atoms with Crippen LogP contribution >= 0.6 is 22.9 Å². The highest BCUT2D eigenvalue weighted by Gasteiger charge is 2.25. The fourth-order valence-electron chi connectivity index (χ4n) is 2.68. The molecule has 2 aromatic rings. The van der Waals surface area contributed by atoms with Crippen molar-refractivity contribution in [2.75, 3.05) is 5.43 Å². The molecule has 3 heterocycles. The van der Waals surface area contributed by atoms with Gasteiger partial charge >= 0.3 is 0 Å². The fraction of sp³-hybridized carbons (Fsp3) is 0.538. The summed E-state index contributed by atoms with van der Waals surface area (Å²) in [5, 5.41) is 5.65. The van der Waals surface area contributed by atoms with Gasteiger partial charge in [0.25, 0.3) is 0 Å². The second kappa shape index (κ2) is 5.23. The molecule has 1 aliphatic rings. The third kappa shape index (κ3) is 2.55. The van der Waals surface area contributed by atoms with Crippen molar-refractivity contribution < 1.29 is 0 Å². The summed E-state index contributed by atoms with van der Waals surface area (Å²) in [6.45, 7) is 4.49. The molecule has 6 heteroatoms. The van der Waals surface area contributed by atoms with Crippen molar-refractivity contribution in [3.05, 3.63) is 16.7 Å². The Labute approximate surface area is 121 Å². The SMILES string of the molecule is CC1CCCC(C)N1Nc1nc(Cl)nc2sccc12. The van der Waals surface area contributed by atoms with Crippen LogP contribution in [0, 0.1) is 0 Å². The Morgan fingerprint density at radius 2 is 2.05 bits per heavy atom. The fourth-order valence-corrected chi connectivity index (χ4v) is 3.66. The average Bonchev–Trinajstić information content (AvgIpc) is 2.81. The molecule has 0 spiro atoms. The number of nitrogens with one attached hydrogen (secondary N) is 1. The van der Waals surface area contributed by atoms with Crippen LogP contribution in [0.3, 0.4) is 0 Å². The standard InChI is InChI=1S/C13H17ClN4S/c1-8-4-3-5-9(2)18(8)17-11-10-6-7-19-12(10)16-13(14)15-11/h6-9H,3-5H2,1-2H3,(H,15,16,17). The van der Waals surface area contributed by atoms with Crippen molar-refractivity contribution in [1.29, 1.82) is 0 Å². The number of anilines is 1. The number of hydrogen-bond acceptors (Lipinski definition) is 5. The van der Waals surface area contributed by atoms with Gasteiger partial charge < -0.3 is 5.43 Å². The van der Waals surface area contributed by atoms with Crippen LogP contribution in [0.25, 0.3) is 10.2 Å². The highest BCUT2D eigenvalue weighted by Crippen LogP contribution is 2.29. The topological polar surface area (TPSA) is 41.0 Å². The summed E-state index contributed by atoms with van der Waals surface area (Å²) in [4.78, 5) is 9.52. The molecule has 0 radical (unpaired) electrons. The predicted octanol–water partition coefficient (Wildman–Crippen LogP) is 3.93.